The van der Waals surface area contributed by atoms with Crippen molar-refractivity contribution < 1.29 is 4.79 Å². The molecule has 0 radical (unpaired) electrons. The highest BCUT2D eigenvalue weighted by Crippen LogP contribution is 2.25. The summed E-state index contributed by atoms with van der Waals surface area (Å²) in [6.07, 6.45) is 0.948. The number of nitrogens with one attached hydrogen (secondary N) is 1. The molecule has 3 nitrogen and oxygen atoms in total. The van der Waals surface area contributed by atoms with Gasteiger partial charge in [-0.3, -0.25) is 4.79 Å². The summed E-state index contributed by atoms with van der Waals surface area (Å²) in [5.41, 5.74) is 2.42. The first-order chi connectivity index (χ1) is 8.89. The summed E-state index contributed by atoms with van der Waals surface area (Å²) < 4.78 is 0. The molecular formula is C16H25ClN2O. The van der Waals surface area contributed by atoms with Gasteiger partial charge in [0.05, 0.1) is 5.92 Å². The zero-order valence-corrected chi connectivity index (χ0v) is 13.6. The number of halogens is 1. The number of carbonyl (C=O) groups is 1. The topological polar surface area (TPSA) is 32.3 Å². The Bertz CT molecular complexity index is 445. The molecule has 20 heavy (non-hydrogen) atoms. The van der Waals surface area contributed by atoms with Crippen LogP contribution >= 0.6 is 12.4 Å². The fraction of sp³-hybridized carbons (Fsp3) is 0.562. The third-order valence-electron chi connectivity index (χ3n) is 3.86. The van der Waals surface area contributed by atoms with Gasteiger partial charge in [-0.1, -0.05) is 32.9 Å². The maximum absolute atomic E-state index is 12.3. The molecule has 1 aliphatic heterocycles. The van der Waals surface area contributed by atoms with Crippen molar-refractivity contribution in [2.24, 2.45) is 5.92 Å². The zero-order chi connectivity index (χ0) is 14.0. The van der Waals surface area contributed by atoms with E-state index in [9.17, 15) is 4.79 Å². The van der Waals surface area contributed by atoms with E-state index in [1.165, 1.54) is 5.56 Å². The van der Waals surface area contributed by atoms with E-state index < -0.39 is 0 Å². The van der Waals surface area contributed by atoms with Gasteiger partial charge in [0.15, 0.2) is 0 Å². The summed E-state index contributed by atoms with van der Waals surface area (Å²) in [6, 6.07) is 8.32. The summed E-state index contributed by atoms with van der Waals surface area (Å²) in [5.74, 6) is 0.348. The predicted octanol–water partition coefficient (Wildman–Crippen LogP) is 2.98. The molecule has 0 saturated carbocycles. The van der Waals surface area contributed by atoms with Crippen LogP contribution in [-0.2, 0) is 10.2 Å². The van der Waals surface area contributed by atoms with Crippen molar-refractivity contribution in [3.63, 3.8) is 0 Å². The van der Waals surface area contributed by atoms with E-state index in [1.54, 1.807) is 4.90 Å². The quantitative estimate of drug-likeness (QED) is 0.910. The number of hydrogen-bond acceptors (Lipinski definition) is 2. The van der Waals surface area contributed by atoms with E-state index in [4.69, 9.17) is 0 Å². The SMILES string of the molecule is CN(C(=O)C1CCNC1)c1ccc(C(C)(C)C)cc1.Cl. The lowest BCUT2D eigenvalue weighted by molar-refractivity contribution is -0.121. The average Bonchev–Trinajstić information content (AvgIpc) is 2.90. The number of nitrogens with zero attached hydrogens (tertiary/aromatic N) is 1. The minimum Gasteiger partial charge on any atom is -0.316 e. The number of rotatable bonds is 2. The van der Waals surface area contributed by atoms with Crippen LogP contribution in [0.2, 0.25) is 0 Å². The summed E-state index contributed by atoms with van der Waals surface area (Å²) >= 11 is 0. The van der Waals surface area contributed by atoms with E-state index in [2.05, 4.69) is 38.2 Å². The van der Waals surface area contributed by atoms with E-state index in [1.807, 2.05) is 19.2 Å². The second kappa shape index (κ2) is 6.59. The Morgan fingerprint density at radius 1 is 1.25 bits per heavy atom. The Hall–Kier alpha value is -1.06. The van der Waals surface area contributed by atoms with E-state index >= 15 is 0 Å². The molecule has 0 aliphatic carbocycles. The smallest absolute Gasteiger partial charge is 0.231 e. The summed E-state index contributed by atoms with van der Waals surface area (Å²) in [7, 11) is 1.87. The van der Waals surface area contributed by atoms with Gasteiger partial charge in [-0.05, 0) is 36.1 Å². The lowest BCUT2D eigenvalue weighted by atomic mass is 9.87. The van der Waals surface area contributed by atoms with E-state index in [0.29, 0.717) is 0 Å². The van der Waals surface area contributed by atoms with Gasteiger partial charge in [-0.25, -0.2) is 0 Å². The molecule has 1 heterocycles. The fourth-order valence-electron chi connectivity index (χ4n) is 2.45. The first-order valence-electron chi connectivity index (χ1n) is 6.98. The molecule has 1 unspecified atom stereocenters. The van der Waals surface area contributed by atoms with Crippen LogP contribution in [0, 0.1) is 5.92 Å². The first kappa shape index (κ1) is 17.0. The van der Waals surface area contributed by atoms with Crippen molar-refractivity contribution in [1.29, 1.82) is 0 Å². The number of benzene rings is 1. The number of carbonyl (C=O) groups excluding carboxylic acids is 1. The minimum absolute atomic E-state index is 0. The van der Waals surface area contributed by atoms with Gasteiger partial charge in [0, 0.05) is 19.3 Å². The van der Waals surface area contributed by atoms with Crippen molar-refractivity contribution in [3.8, 4) is 0 Å². The zero-order valence-electron chi connectivity index (χ0n) is 12.8. The Labute approximate surface area is 128 Å². The van der Waals surface area contributed by atoms with Crippen LogP contribution in [0.1, 0.15) is 32.8 Å². The van der Waals surface area contributed by atoms with Crippen molar-refractivity contribution in [2.45, 2.75) is 32.6 Å². The molecule has 1 fully saturated rings. The molecule has 1 saturated heterocycles. The van der Waals surface area contributed by atoms with Crippen LogP contribution in [0.5, 0.6) is 0 Å². The highest BCUT2D eigenvalue weighted by molar-refractivity contribution is 5.94. The molecule has 112 valence electrons. The molecule has 1 aromatic carbocycles. The molecule has 1 aliphatic rings. The minimum atomic E-state index is 0. The van der Waals surface area contributed by atoms with E-state index in [-0.39, 0.29) is 29.6 Å². The standard InChI is InChI=1S/C16H24N2O.ClH/c1-16(2,3)13-5-7-14(8-6-13)18(4)15(19)12-9-10-17-11-12;/h5-8,12,17H,9-11H2,1-4H3;1H. The largest absolute Gasteiger partial charge is 0.316 e. The highest BCUT2D eigenvalue weighted by atomic mass is 35.5. The fourth-order valence-corrected chi connectivity index (χ4v) is 2.45. The average molecular weight is 297 g/mol. The van der Waals surface area contributed by atoms with E-state index in [0.717, 1.165) is 25.2 Å². The maximum atomic E-state index is 12.3. The molecular weight excluding hydrogens is 272 g/mol. The van der Waals surface area contributed by atoms with Crippen molar-refractivity contribution in [3.05, 3.63) is 29.8 Å². The van der Waals surface area contributed by atoms with Crippen LogP contribution in [0.15, 0.2) is 24.3 Å². The van der Waals surface area contributed by atoms with Crippen molar-refractivity contribution >= 4 is 24.0 Å². The van der Waals surface area contributed by atoms with Gasteiger partial charge in [0.25, 0.3) is 0 Å². The molecule has 0 aromatic heterocycles. The van der Waals surface area contributed by atoms with Gasteiger partial charge >= 0.3 is 0 Å². The Kier molecular flexibility index (Phi) is 5.60. The number of hydrogen-bond donors (Lipinski definition) is 1. The highest BCUT2D eigenvalue weighted by Gasteiger charge is 2.26. The second-order valence-electron chi connectivity index (χ2n) is 6.38. The molecule has 4 heteroatoms. The predicted molar refractivity (Wildman–Crippen MR) is 86.8 cm³/mol. The van der Waals surface area contributed by atoms with Crippen LogP contribution in [-0.4, -0.2) is 26.0 Å². The number of anilines is 1. The lowest BCUT2D eigenvalue weighted by Crippen LogP contribution is -2.33. The normalized spacial score (nSPS) is 18.5. The Morgan fingerprint density at radius 2 is 1.85 bits per heavy atom. The van der Waals surface area contributed by atoms with Gasteiger partial charge < -0.3 is 10.2 Å². The summed E-state index contributed by atoms with van der Waals surface area (Å²) in [6.45, 7) is 8.35. The van der Waals surface area contributed by atoms with Gasteiger partial charge in [0.2, 0.25) is 5.91 Å². The number of amides is 1. The third-order valence-corrected chi connectivity index (χ3v) is 3.86. The summed E-state index contributed by atoms with van der Waals surface area (Å²) in [4.78, 5) is 14.1. The lowest BCUT2D eigenvalue weighted by Gasteiger charge is -2.23. The summed E-state index contributed by atoms with van der Waals surface area (Å²) in [5, 5.41) is 3.24. The molecule has 1 aromatic rings. The molecule has 1 atom stereocenters. The van der Waals surface area contributed by atoms with Crippen LogP contribution in [0.4, 0.5) is 5.69 Å². The monoisotopic (exact) mass is 296 g/mol. The van der Waals surface area contributed by atoms with Gasteiger partial charge in [-0.15, -0.1) is 12.4 Å². The molecule has 0 bridgehead atoms. The van der Waals surface area contributed by atoms with Gasteiger partial charge in [-0.2, -0.15) is 0 Å². The Balaban J connectivity index is 0.00000200. The van der Waals surface area contributed by atoms with Crippen LogP contribution < -0.4 is 10.2 Å². The van der Waals surface area contributed by atoms with Crippen LogP contribution in [0.25, 0.3) is 0 Å². The molecule has 0 spiro atoms. The first-order valence-corrected chi connectivity index (χ1v) is 6.98. The van der Waals surface area contributed by atoms with Gasteiger partial charge in [0.1, 0.15) is 0 Å². The van der Waals surface area contributed by atoms with Crippen LogP contribution in [0.3, 0.4) is 0 Å². The van der Waals surface area contributed by atoms with Crippen molar-refractivity contribution in [2.75, 3.05) is 25.0 Å². The van der Waals surface area contributed by atoms with Crippen molar-refractivity contribution in [1.82, 2.24) is 5.32 Å². The third kappa shape index (κ3) is 3.74. The molecule has 1 amide bonds. The maximum Gasteiger partial charge on any atom is 0.231 e. The Morgan fingerprint density at radius 3 is 2.30 bits per heavy atom. The second-order valence-corrected chi connectivity index (χ2v) is 6.38. The molecule has 2 rings (SSSR count). The molecule has 1 N–H and O–H groups in total.